The number of hydrogen-bond acceptors (Lipinski definition) is 5. The molecule has 0 aliphatic rings. The predicted molar refractivity (Wildman–Crippen MR) is 153 cm³/mol. The minimum atomic E-state index is -4.13. The van der Waals surface area contributed by atoms with Gasteiger partial charge in [-0.1, -0.05) is 41.9 Å². The number of carbonyl (C=O) groups excluding carboxylic acids is 2. The lowest BCUT2D eigenvalue weighted by atomic mass is 10.1. The third-order valence-electron chi connectivity index (χ3n) is 5.90. The van der Waals surface area contributed by atoms with Gasteiger partial charge in [0.1, 0.15) is 18.3 Å². The van der Waals surface area contributed by atoms with E-state index in [0.717, 1.165) is 9.87 Å². The normalized spacial score (nSPS) is 12.4. The van der Waals surface area contributed by atoms with Gasteiger partial charge in [0.25, 0.3) is 10.0 Å². The van der Waals surface area contributed by atoms with E-state index in [-0.39, 0.29) is 23.0 Å². The van der Waals surface area contributed by atoms with Crippen LogP contribution in [-0.2, 0) is 26.2 Å². The van der Waals surface area contributed by atoms with Crippen LogP contribution in [-0.4, -0.2) is 50.4 Å². The molecule has 2 amide bonds. The summed E-state index contributed by atoms with van der Waals surface area (Å²) < 4.78 is 33.7. The van der Waals surface area contributed by atoms with Crippen molar-refractivity contribution in [2.45, 2.75) is 50.7 Å². The first-order valence-electron chi connectivity index (χ1n) is 12.4. The maximum Gasteiger partial charge on any atom is 0.264 e. The molecule has 0 fully saturated rings. The van der Waals surface area contributed by atoms with Crippen LogP contribution in [0.1, 0.15) is 33.3 Å². The summed E-state index contributed by atoms with van der Waals surface area (Å²) in [6, 6.07) is 20.3. The summed E-state index contributed by atoms with van der Waals surface area (Å²) in [5, 5.41) is 3.33. The van der Waals surface area contributed by atoms with E-state index in [4.69, 9.17) is 16.3 Å². The second-order valence-corrected chi connectivity index (χ2v) is 12.4. The molecular formula is C29H34ClN3O5S. The van der Waals surface area contributed by atoms with Gasteiger partial charge in [-0.25, -0.2) is 8.42 Å². The number of benzene rings is 3. The molecular weight excluding hydrogens is 538 g/mol. The zero-order valence-corrected chi connectivity index (χ0v) is 24.3. The zero-order chi connectivity index (χ0) is 28.8. The molecule has 3 aromatic carbocycles. The zero-order valence-electron chi connectivity index (χ0n) is 22.7. The molecule has 3 aromatic rings. The van der Waals surface area contributed by atoms with Crippen molar-refractivity contribution >= 4 is 39.1 Å². The highest BCUT2D eigenvalue weighted by molar-refractivity contribution is 7.92. The molecule has 8 nitrogen and oxygen atoms in total. The Morgan fingerprint density at radius 2 is 1.54 bits per heavy atom. The van der Waals surface area contributed by atoms with E-state index in [1.54, 1.807) is 80.8 Å². The van der Waals surface area contributed by atoms with E-state index in [2.05, 4.69) is 5.32 Å². The van der Waals surface area contributed by atoms with Gasteiger partial charge in [0, 0.05) is 17.1 Å². The van der Waals surface area contributed by atoms with Gasteiger partial charge >= 0.3 is 0 Å². The van der Waals surface area contributed by atoms with Crippen molar-refractivity contribution in [3.63, 3.8) is 0 Å². The van der Waals surface area contributed by atoms with Crippen LogP contribution in [0.5, 0.6) is 5.75 Å². The van der Waals surface area contributed by atoms with Gasteiger partial charge in [-0.3, -0.25) is 13.9 Å². The summed E-state index contributed by atoms with van der Waals surface area (Å²) in [4.78, 5) is 28.5. The molecule has 39 heavy (non-hydrogen) atoms. The van der Waals surface area contributed by atoms with Crippen molar-refractivity contribution in [3.05, 3.63) is 89.4 Å². The van der Waals surface area contributed by atoms with Gasteiger partial charge in [0.2, 0.25) is 11.8 Å². The Morgan fingerprint density at radius 3 is 2.08 bits per heavy atom. The molecule has 3 rings (SSSR count). The number of halogens is 1. The molecule has 1 N–H and O–H groups in total. The number of amides is 2. The summed E-state index contributed by atoms with van der Waals surface area (Å²) in [6.45, 7) is 6.73. The molecule has 0 aliphatic heterocycles. The first kappa shape index (κ1) is 30.0. The second kappa shape index (κ2) is 12.5. The maximum atomic E-state index is 13.9. The molecule has 10 heteroatoms. The lowest BCUT2D eigenvalue weighted by Crippen LogP contribution is -2.54. The Hall–Kier alpha value is -3.56. The quantitative estimate of drug-likeness (QED) is 0.374. The molecule has 0 unspecified atom stereocenters. The molecule has 0 spiro atoms. The first-order valence-corrected chi connectivity index (χ1v) is 14.2. The monoisotopic (exact) mass is 571 g/mol. The molecule has 0 aliphatic carbocycles. The minimum absolute atomic E-state index is 0.0352. The van der Waals surface area contributed by atoms with E-state index in [0.29, 0.717) is 10.8 Å². The lowest BCUT2D eigenvalue weighted by molar-refractivity contribution is -0.140. The first-order chi connectivity index (χ1) is 18.3. The minimum Gasteiger partial charge on any atom is -0.497 e. The van der Waals surface area contributed by atoms with Crippen LogP contribution in [0.25, 0.3) is 0 Å². The number of nitrogens with zero attached hydrogens (tertiary/aromatic N) is 2. The van der Waals surface area contributed by atoms with Crippen molar-refractivity contribution in [2.75, 3.05) is 18.0 Å². The van der Waals surface area contributed by atoms with E-state index in [1.165, 1.54) is 17.0 Å². The number of carbonyl (C=O) groups is 2. The van der Waals surface area contributed by atoms with Crippen LogP contribution >= 0.6 is 11.6 Å². The summed E-state index contributed by atoms with van der Waals surface area (Å²) in [6.07, 6.45) is 0. The predicted octanol–water partition coefficient (Wildman–Crippen LogP) is 4.88. The Bertz CT molecular complexity index is 1370. The maximum absolute atomic E-state index is 13.9. The van der Waals surface area contributed by atoms with Crippen molar-refractivity contribution in [1.29, 1.82) is 0 Å². The van der Waals surface area contributed by atoms with Crippen LogP contribution in [0.4, 0.5) is 5.69 Å². The molecule has 1 atom stereocenters. The van der Waals surface area contributed by atoms with Crippen molar-refractivity contribution < 1.29 is 22.7 Å². The highest BCUT2D eigenvalue weighted by Crippen LogP contribution is 2.26. The van der Waals surface area contributed by atoms with Gasteiger partial charge in [0.15, 0.2) is 0 Å². The van der Waals surface area contributed by atoms with Gasteiger partial charge in [-0.2, -0.15) is 0 Å². The highest BCUT2D eigenvalue weighted by Gasteiger charge is 2.33. The topological polar surface area (TPSA) is 96.0 Å². The summed E-state index contributed by atoms with van der Waals surface area (Å²) in [7, 11) is -2.57. The molecule has 0 aromatic heterocycles. The van der Waals surface area contributed by atoms with Crippen molar-refractivity contribution in [3.8, 4) is 5.75 Å². The van der Waals surface area contributed by atoms with Gasteiger partial charge in [-0.05, 0) is 81.8 Å². The standard InChI is InChI=1S/C29H34ClN3O5S/c1-21(28(35)31-29(2,3)4)32(19-22-11-17-25(38-5)18-12-22)27(34)20-33(24-15-13-23(30)14-16-24)39(36,37)26-9-7-6-8-10-26/h6-18,21H,19-20H2,1-5H3,(H,31,35)/t21-/m0/s1. The van der Waals surface area contributed by atoms with Crippen molar-refractivity contribution in [2.24, 2.45) is 0 Å². The molecule has 0 saturated heterocycles. The Kier molecular flexibility index (Phi) is 9.63. The number of ether oxygens (including phenoxy) is 1. The SMILES string of the molecule is COc1ccc(CN(C(=O)CN(c2ccc(Cl)cc2)S(=O)(=O)c2ccccc2)[C@@H](C)C(=O)NC(C)(C)C)cc1. The number of nitrogens with one attached hydrogen (secondary N) is 1. The Balaban J connectivity index is 2.01. The number of rotatable bonds is 10. The van der Waals surface area contributed by atoms with Crippen molar-refractivity contribution in [1.82, 2.24) is 10.2 Å². The Morgan fingerprint density at radius 1 is 0.949 bits per heavy atom. The molecule has 0 bridgehead atoms. The van der Waals surface area contributed by atoms with Gasteiger partial charge < -0.3 is 15.0 Å². The second-order valence-electron chi connectivity index (χ2n) is 10.1. The fourth-order valence-electron chi connectivity index (χ4n) is 3.84. The fourth-order valence-corrected chi connectivity index (χ4v) is 5.40. The number of hydrogen-bond donors (Lipinski definition) is 1. The van der Waals surface area contributed by atoms with Crippen LogP contribution in [0.3, 0.4) is 0 Å². The Labute approximate surface area is 235 Å². The average molecular weight is 572 g/mol. The summed E-state index contributed by atoms with van der Waals surface area (Å²) in [5.74, 6) is -0.247. The van der Waals surface area contributed by atoms with Crippen LogP contribution in [0.2, 0.25) is 5.02 Å². The van der Waals surface area contributed by atoms with Gasteiger partial charge in [-0.15, -0.1) is 0 Å². The largest absolute Gasteiger partial charge is 0.497 e. The number of methoxy groups -OCH3 is 1. The van der Waals surface area contributed by atoms with E-state index in [1.807, 2.05) is 20.8 Å². The smallest absolute Gasteiger partial charge is 0.264 e. The average Bonchev–Trinajstić information content (AvgIpc) is 2.90. The fraction of sp³-hybridized carbons (Fsp3) is 0.310. The lowest BCUT2D eigenvalue weighted by Gasteiger charge is -2.33. The highest BCUT2D eigenvalue weighted by atomic mass is 35.5. The van der Waals surface area contributed by atoms with Crippen LogP contribution in [0.15, 0.2) is 83.8 Å². The summed E-state index contributed by atoms with van der Waals surface area (Å²) in [5.41, 5.74) is 0.503. The third kappa shape index (κ3) is 7.97. The van der Waals surface area contributed by atoms with Crippen LogP contribution < -0.4 is 14.4 Å². The molecule has 0 heterocycles. The molecule has 0 radical (unpaired) electrons. The van der Waals surface area contributed by atoms with E-state index in [9.17, 15) is 18.0 Å². The number of anilines is 1. The molecule has 208 valence electrons. The molecule has 0 saturated carbocycles. The van der Waals surface area contributed by atoms with E-state index >= 15 is 0 Å². The van der Waals surface area contributed by atoms with Crippen LogP contribution in [0, 0.1) is 0 Å². The van der Waals surface area contributed by atoms with E-state index < -0.39 is 34.1 Å². The summed E-state index contributed by atoms with van der Waals surface area (Å²) >= 11 is 6.05. The van der Waals surface area contributed by atoms with Gasteiger partial charge in [0.05, 0.1) is 17.7 Å². The third-order valence-corrected chi connectivity index (χ3v) is 7.94. The number of sulfonamides is 1.